The number of aromatic nitrogens is 3. The molecule has 9 heteroatoms. The average molecular weight is 331 g/mol. The molecule has 1 aliphatic rings. The van der Waals surface area contributed by atoms with Gasteiger partial charge in [0.05, 0.1) is 0 Å². The number of ether oxygens (including phenoxy) is 2. The lowest BCUT2D eigenvalue weighted by Crippen LogP contribution is -2.35. The molecule has 1 atom stereocenters. The van der Waals surface area contributed by atoms with Gasteiger partial charge >= 0.3 is 12.1 Å². The predicted molar refractivity (Wildman–Crippen MR) is 77.7 cm³/mol. The number of nitrogens with zero attached hydrogens (tertiary/aromatic N) is 3. The van der Waals surface area contributed by atoms with Crippen molar-refractivity contribution in [1.29, 1.82) is 0 Å². The Morgan fingerprint density at radius 2 is 2.18 bits per heavy atom. The van der Waals surface area contributed by atoms with Crippen LogP contribution in [0.15, 0.2) is 0 Å². The zero-order chi connectivity index (χ0) is 16.3. The van der Waals surface area contributed by atoms with Gasteiger partial charge in [0, 0.05) is 19.0 Å². The second kappa shape index (κ2) is 6.51. The van der Waals surface area contributed by atoms with Crippen LogP contribution in [0, 0.1) is 0 Å². The van der Waals surface area contributed by atoms with E-state index in [1.165, 1.54) is 0 Å². The van der Waals surface area contributed by atoms with Crippen molar-refractivity contribution >= 4 is 23.7 Å². The standard InChI is InChI=1S/C13H19ClN4O4/c1-13(2,3)22-12(20)18-5-4-8(6-18)9-15-10(17-16-9)11(19)21-7-14/h8H,4-7H2,1-3H3,(H,15,16,17). The number of esters is 1. The summed E-state index contributed by atoms with van der Waals surface area (Å²) in [6.45, 7) is 6.51. The molecule has 8 nitrogen and oxygen atoms in total. The lowest BCUT2D eigenvalue weighted by atomic mass is 10.1. The van der Waals surface area contributed by atoms with Gasteiger partial charge in [-0.1, -0.05) is 11.6 Å². The van der Waals surface area contributed by atoms with Crippen molar-refractivity contribution in [3.8, 4) is 0 Å². The summed E-state index contributed by atoms with van der Waals surface area (Å²) in [6.07, 6.45) is 0.370. The van der Waals surface area contributed by atoms with Gasteiger partial charge in [0.15, 0.2) is 6.07 Å². The number of rotatable bonds is 3. The highest BCUT2D eigenvalue weighted by Crippen LogP contribution is 2.26. The number of alkyl halides is 1. The fourth-order valence-electron chi connectivity index (χ4n) is 2.14. The third kappa shape index (κ3) is 4.09. The summed E-state index contributed by atoms with van der Waals surface area (Å²) < 4.78 is 9.95. The third-order valence-electron chi connectivity index (χ3n) is 3.10. The van der Waals surface area contributed by atoms with Crippen LogP contribution in [0.2, 0.25) is 0 Å². The summed E-state index contributed by atoms with van der Waals surface area (Å²) in [4.78, 5) is 29.2. The largest absolute Gasteiger partial charge is 0.444 e. The first-order valence-electron chi connectivity index (χ1n) is 6.93. The van der Waals surface area contributed by atoms with E-state index in [2.05, 4.69) is 19.9 Å². The van der Waals surface area contributed by atoms with Gasteiger partial charge in [0.2, 0.25) is 0 Å². The van der Waals surface area contributed by atoms with E-state index in [4.69, 9.17) is 16.3 Å². The van der Waals surface area contributed by atoms with Crippen LogP contribution in [-0.2, 0) is 9.47 Å². The van der Waals surface area contributed by atoms with E-state index in [-0.39, 0.29) is 23.9 Å². The van der Waals surface area contributed by atoms with Crippen LogP contribution in [0.1, 0.15) is 49.6 Å². The molecule has 2 heterocycles. The molecule has 22 heavy (non-hydrogen) atoms. The molecule has 1 amide bonds. The molecule has 0 radical (unpaired) electrons. The summed E-state index contributed by atoms with van der Waals surface area (Å²) >= 11 is 5.32. The molecule has 1 aliphatic heterocycles. The maximum absolute atomic E-state index is 12.0. The zero-order valence-electron chi connectivity index (χ0n) is 12.8. The molecule has 1 N–H and O–H groups in total. The molecule has 0 spiro atoms. The number of aromatic amines is 1. The Labute approximate surface area is 133 Å². The lowest BCUT2D eigenvalue weighted by molar-refractivity contribution is 0.0292. The molecule has 0 aliphatic carbocycles. The molecule has 1 aromatic heterocycles. The van der Waals surface area contributed by atoms with Gasteiger partial charge in [-0.05, 0) is 27.2 Å². The van der Waals surface area contributed by atoms with E-state index in [1.54, 1.807) is 4.90 Å². The third-order valence-corrected chi connectivity index (χ3v) is 3.21. The number of likely N-dealkylation sites (tertiary alicyclic amines) is 1. The Hall–Kier alpha value is -1.83. The van der Waals surface area contributed by atoms with Gasteiger partial charge in [-0.2, -0.15) is 0 Å². The van der Waals surface area contributed by atoms with E-state index >= 15 is 0 Å². The summed E-state index contributed by atoms with van der Waals surface area (Å²) in [5.41, 5.74) is -0.528. The predicted octanol–water partition coefficient (Wildman–Crippen LogP) is 1.88. The highest BCUT2D eigenvalue weighted by molar-refractivity contribution is 6.17. The maximum atomic E-state index is 12.0. The fraction of sp³-hybridized carbons (Fsp3) is 0.692. The summed E-state index contributed by atoms with van der Waals surface area (Å²) in [6, 6.07) is -0.251. The number of carbonyl (C=O) groups excluding carboxylic acids is 2. The van der Waals surface area contributed by atoms with Gasteiger partial charge < -0.3 is 14.4 Å². The minimum absolute atomic E-state index is 0.0161. The minimum atomic E-state index is -0.681. The first-order valence-corrected chi connectivity index (χ1v) is 7.47. The molecule has 2 rings (SSSR count). The van der Waals surface area contributed by atoms with E-state index in [9.17, 15) is 9.59 Å². The first kappa shape index (κ1) is 16.5. The quantitative estimate of drug-likeness (QED) is 0.671. The molecule has 0 bridgehead atoms. The SMILES string of the molecule is CC(C)(C)OC(=O)N1CCC(c2nc(C(=O)OCCl)n[nH]2)C1. The average Bonchev–Trinajstić information content (AvgIpc) is 3.06. The van der Waals surface area contributed by atoms with Crippen molar-refractivity contribution in [3.63, 3.8) is 0 Å². The molecule has 1 aromatic rings. The summed E-state index contributed by atoms with van der Waals surface area (Å²) in [5, 5.41) is 6.52. The fourth-order valence-corrected chi connectivity index (χ4v) is 2.24. The Kier molecular flexibility index (Phi) is 4.90. The van der Waals surface area contributed by atoms with Crippen LogP contribution >= 0.6 is 11.6 Å². The number of carbonyl (C=O) groups is 2. The molecule has 1 unspecified atom stereocenters. The van der Waals surface area contributed by atoms with Crippen LogP contribution < -0.4 is 0 Å². The molecule has 1 fully saturated rings. The van der Waals surface area contributed by atoms with Gasteiger partial charge in [0.25, 0.3) is 5.82 Å². The number of hydrogen-bond acceptors (Lipinski definition) is 6. The molecule has 122 valence electrons. The maximum Gasteiger partial charge on any atom is 0.410 e. The van der Waals surface area contributed by atoms with Crippen molar-refractivity contribution < 1.29 is 19.1 Å². The van der Waals surface area contributed by atoms with Crippen LogP contribution in [0.25, 0.3) is 0 Å². The summed E-state index contributed by atoms with van der Waals surface area (Å²) in [5.74, 6) is -0.212. The highest BCUT2D eigenvalue weighted by Gasteiger charge is 2.32. The molecule has 0 saturated carbocycles. The second-order valence-electron chi connectivity index (χ2n) is 6.00. The Balaban J connectivity index is 1.96. The number of H-pyrrole nitrogens is 1. The molecular weight excluding hydrogens is 312 g/mol. The van der Waals surface area contributed by atoms with E-state index in [1.807, 2.05) is 20.8 Å². The van der Waals surface area contributed by atoms with Crippen molar-refractivity contribution in [3.05, 3.63) is 11.6 Å². The first-order chi connectivity index (χ1) is 10.3. The monoisotopic (exact) mass is 330 g/mol. The number of hydrogen-bond donors (Lipinski definition) is 1. The van der Waals surface area contributed by atoms with Crippen LogP contribution in [-0.4, -0.2) is 56.9 Å². The summed E-state index contributed by atoms with van der Waals surface area (Å²) in [7, 11) is 0. The minimum Gasteiger partial charge on any atom is -0.444 e. The Morgan fingerprint density at radius 1 is 1.45 bits per heavy atom. The number of halogens is 1. The number of nitrogens with one attached hydrogen (secondary N) is 1. The normalized spacial score (nSPS) is 18.4. The number of amides is 1. The topological polar surface area (TPSA) is 97.4 Å². The van der Waals surface area contributed by atoms with E-state index < -0.39 is 11.6 Å². The zero-order valence-corrected chi connectivity index (χ0v) is 13.5. The van der Waals surface area contributed by atoms with E-state index in [0.29, 0.717) is 18.9 Å². The highest BCUT2D eigenvalue weighted by atomic mass is 35.5. The molecule has 0 aromatic carbocycles. The van der Waals surface area contributed by atoms with Crippen molar-refractivity contribution in [2.45, 2.75) is 38.7 Å². The Bertz CT molecular complexity index is 554. The van der Waals surface area contributed by atoms with Crippen LogP contribution in [0.5, 0.6) is 0 Å². The van der Waals surface area contributed by atoms with E-state index in [0.717, 1.165) is 6.42 Å². The molecule has 1 saturated heterocycles. The molecular formula is C13H19ClN4O4. The van der Waals surface area contributed by atoms with Crippen molar-refractivity contribution in [1.82, 2.24) is 20.1 Å². The second-order valence-corrected chi connectivity index (χ2v) is 6.22. The van der Waals surface area contributed by atoms with Gasteiger partial charge in [-0.15, -0.1) is 5.10 Å². The van der Waals surface area contributed by atoms with Gasteiger partial charge in [-0.25, -0.2) is 14.6 Å². The lowest BCUT2D eigenvalue weighted by Gasteiger charge is -2.24. The van der Waals surface area contributed by atoms with Crippen molar-refractivity contribution in [2.75, 3.05) is 19.2 Å². The van der Waals surface area contributed by atoms with Crippen LogP contribution in [0.4, 0.5) is 4.79 Å². The van der Waals surface area contributed by atoms with Crippen LogP contribution in [0.3, 0.4) is 0 Å². The van der Waals surface area contributed by atoms with Crippen molar-refractivity contribution in [2.24, 2.45) is 0 Å². The Morgan fingerprint density at radius 3 is 2.82 bits per heavy atom. The van der Waals surface area contributed by atoms with Gasteiger partial charge in [-0.3, -0.25) is 5.10 Å². The van der Waals surface area contributed by atoms with Gasteiger partial charge in [0.1, 0.15) is 11.4 Å². The smallest absolute Gasteiger partial charge is 0.410 e.